The smallest absolute Gasteiger partial charge is 0.0223 e. The van der Waals surface area contributed by atoms with Crippen molar-refractivity contribution >= 4 is 0 Å². The largest absolute Gasteiger partial charge is 0.309 e. The van der Waals surface area contributed by atoms with Gasteiger partial charge in [-0.2, -0.15) is 0 Å². The molecule has 1 atom stereocenters. The fourth-order valence-electron chi connectivity index (χ4n) is 1.46. The highest BCUT2D eigenvalue weighted by Gasteiger charge is 2.29. The van der Waals surface area contributed by atoms with E-state index in [1.165, 1.54) is 32.1 Å². The molecule has 0 aliphatic heterocycles. The van der Waals surface area contributed by atoms with Gasteiger partial charge in [0.15, 0.2) is 0 Å². The Labute approximate surface area is 70.6 Å². The van der Waals surface area contributed by atoms with E-state index < -0.39 is 0 Å². The van der Waals surface area contributed by atoms with Crippen LogP contribution in [-0.2, 0) is 0 Å². The van der Waals surface area contributed by atoms with Gasteiger partial charge in [-0.25, -0.2) is 0 Å². The van der Waals surface area contributed by atoms with Gasteiger partial charge in [0.05, 0.1) is 0 Å². The monoisotopic (exact) mass is 154 g/mol. The van der Waals surface area contributed by atoms with Crippen LogP contribution in [0, 0.1) is 12.5 Å². The van der Waals surface area contributed by atoms with E-state index in [9.17, 15) is 0 Å². The molecule has 1 aliphatic carbocycles. The van der Waals surface area contributed by atoms with E-state index in [1.807, 2.05) is 0 Å². The molecule has 0 saturated heterocycles. The van der Waals surface area contributed by atoms with Gasteiger partial charge in [0.25, 0.3) is 0 Å². The Morgan fingerprint density at radius 3 is 2.64 bits per heavy atom. The molecule has 1 heteroatoms. The summed E-state index contributed by atoms with van der Waals surface area (Å²) in [6.07, 6.45) is 6.65. The highest BCUT2D eigenvalue weighted by atomic mass is 14.9. The predicted octanol–water partition coefficient (Wildman–Crippen LogP) is 2.73. The maximum atomic E-state index is 3.51. The zero-order valence-electron chi connectivity index (χ0n) is 7.77. The fraction of sp³-hybridized carbons (Fsp3) is 0.900. The van der Waals surface area contributed by atoms with Gasteiger partial charge in [-0.05, 0) is 31.6 Å². The minimum Gasteiger partial charge on any atom is -0.309 e. The maximum absolute atomic E-state index is 3.51. The van der Waals surface area contributed by atoms with E-state index in [4.69, 9.17) is 0 Å². The Bertz CT molecular complexity index is 97.0. The molecule has 0 aromatic rings. The summed E-state index contributed by atoms with van der Waals surface area (Å²) in [6, 6.07) is 0.779. The summed E-state index contributed by atoms with van der Waals surface area (Å²) >= 11 is 0. The van der Waals surface area contributed by atoms with Crippen LogP contribution in [0.4, 0.5) is 0 Å². The average molecular weight is 154 g/mol. The van der Waals surface area contributed by atoms with Gasteiger partial charge >= 0.3 is 0 Å². The SMILES string of the molecule is CCC[CH]NC(CC)C1CC1. The molecule has 1 N–H and O–H groups in total. The van der Waals surface area contributed by atoms with Crippen LogP contribution in [-0.4, -0.2) is 6.04 Å². The molecule has 0 heterocycles. The van der Waals surface area contributed by atoms with Gasteiger partial charge in [0.1, 0.15) is 0 Å². The highest BCUT2D eigenvalue weighted by Crippen LogP contribution is 2.33. The van der Waals surface area contributed by atoms with E-state index in [0.29, 0.717) is 0 Å². The standard InChI is InChI=1S/C10H20N/c1-3-5-8-11-10(4-2)9-6-7-9/h8-11H,3-7H2,1-2H3. The van der Waals surface area contributed by atoms with Crippen LogP contribution in [0.25, 0.3) is 0 Å². The van der Waals surface area contributed by atoms with Crippen molar-refractivity contribution in [2.45, 2.75) is 52.0 Å². The maximum Gasteiger partial charge on any atom is 0.0223 e. The van der Waals surface area contributed by atoms with Crippen molar-refractivity contribution in [3.63, 3.8) is 0 Å². The third-order valence-electron chi connectivity index (χ3n) is 2.40. The highest BCUT2D eigenvalue weighted by molar-refractivity contribution is 4.87. The predicted molar refractivity (Wildman–Crippen MR) is 49.1 cm³/mol. The number of rotatable bonds is 6. The van der Waals surface area contributed by atoms with Gasteiger partial charge in [-0.1, -0.05) is 20.3 Å². The molecule has 1 aliphatic rings. The van der Waals surface area contributed by atoms with Crippen LogP contribution in [0.1, 0.15) is 46.0 Å². The number of unbranched alkanes of at least 4 members (excludes halogenated alkanes) is 1. The molecule has 11 heavy (non-hydrogen) atoms. The van der Waals surface area contributed by atoms with Crippen LogP contribution in [0.5, 0.6) is 0 Å². The van der Waals surface area contributed by atoms with Gasteiger partial charge in [-0.15, -0.1) is 0 Å². The van der Waals surface area contributed by atoms with E-state index in [0.717, 1.165) is 12.0 Å². The normalized spacial score (nSPS) is 20.2. The molecule has 1 rings (SSSR count). The van der Waals surface area contributed by atoms with Crippen molar-refractivity contribution in [1.82, 2.24) is 5.32 Å². The molecule has 1 saturated carbocycles. The number of hydrogen-bond donors (Lipinski definition) is 1. The lowest BCUT2D eigenvalue weighted by Gasteiger charge is -2.14. The van der Waals surface area contributed by atoms with Crippen LogP contribution in [0.3, 0.4) is 0 Å². The van der Waals surface area contributed by atoms with Crippen molar-refractivity contribution in [3.8, 4) is 0 Å². The summed E-state index contributed by atoms with van der Waals surface area (Å²) < 4.78 is 0. The quantitative estimate of drug-likeness (QED) is 0.580. The Hall–Kier alpha value is -0.0400. The van der Waals surface area contributed by atoms with Crippen LogP contribution >= 0.6 is 0 Å². The molecular weight excluding hydrogens is 134 g/mol. The fourth-order valence-corrected chi connectivity index (χ4v) is 1.46. The lowest BCUT2D eigenvalue weighted by Crippen LogP contribution is -2.27. The molecule has 0 amide bonds. The molecule has 0 aromatic carbocycles. The minimum atomic E-state index is 0.779. The molecule has 65 valence electrons. The second kappa shape index (κ2) is 4.76. The topological polar surface area (TPSA) is 12.0 Å². The van der Waals surface area contributed by atoms with Gasteiger partial charge in [0, 0.05) is 12.6 Å². The van der Waals surface area contributed by atoms with Crippen molar-refractivity contribution in [1.29, 1.82) is 0 Å². The Kier molecular flexibility index (Phi) is 3.92. The van der Waals surface area contributed by atoms with Crippen LogP contribution < -0.4 is 5.32 Å². The van der Waals surface area contributed by atoms with Crippen molar-refractivity contribution < 1.29 is 0 Å². The lowest BCUT2D eigenvalue weighted by atomic mass is 10.1. The summed E-state index contributed by atoms with van der Waals surface area (Å²) in [5.74, 6) is 0.994. The van der Waals surface area contributed by atoms with Gasteiger partial charge in [0.2, 0.25) is 0 Å². The number of nitrogens with one attached hydrogen (secondary N) is 1. The summed E-state index contributed by atoms with van der Waals surface area (Å²) in [4.78, 5) is 0. The van der Waals surface area contributed by atoms with E-state index >= 15 is 0 Å². The zero-order chi connectivity index (χ0) is 8.10. The van der Waals surface area contributed by atoms with E-state index in [1.54, 1.807) is 0 Å². The second-order valence-corrected chi connectivity index (χ2v) is 3.51. The van der Waals surface area contributed by atoms with Crippen molar-refractivity contribution in [3.05, 3.63) is 6.54 Å². The molecule has 1 unspecified atom stereocenters. The molecule has 1 nitrogen and oxygen atoms in total. The van der Waals surface area contributed by atoms with Crippen LogP contribution in [0.2, 0.25) is 0 Å². The summed E-state index contributed by atoms with van der Waals surface area (Å²) in [5.41, 5.74) is 0. The zero-order valence-corrected chi connectivity index (χ0v) is 7.77. The van der Waals surface area contributed by atoms with E-state index in [-0.39, 0.29) is 0 Å². The molecule has 0 spiro atoms. The van der Waals surface area contributed by atoms with Crippen LogP contribution in [0.15, 0.2) is 0 Å². The third-order valence-corrected chi connectivity index (χ3v) is 2.40. The van der Waals surface area contributed by atoms with E-state index in [2.05, 4.69) is 25.7 Å². The summed E-state index contributed by atoms with van der Waals surface area (Å²) in [6.45, 7) is 6.73. The Morgan fingerprint density at radius 1 is 1.45 bits per heavy atom. The van der Waals surface area contributed by atoms with Gasteiger partial charge < -0.3 is 5.32 Å². The molecule has 0 aromatic heterocycles. The lowest BCUT2D eigenvalue weighted by molar-refractivity contribution is 0.478. The summed E-state index contributed by atoms with van der Waals surface area (Å²) in [7, 11) is 0. The van der Waals surface area contributed by atoms with Crippen molar-refractivity contribution in [2.24, 2.45) is 5.92 Å². The summed E-state index contributed by atoms with van der Waals surface area (Å²) in [5, 5.41) is 3.51. The van der Waals surface area contributed by atoms with Crippen molar-refractivity contribution in [2.75, 3.05) is 0 Å². The number of hydrogen-bond acceptors (Lipinski definition) is 1. The molecule has 0 bridgehead atoms. The molecular formula is C10H20N. The molecule has 1 radical (unpaired) electrons. The Balaban J connectivity index is 2.01. The third kappa shape index (κ3) is 3.24. The Morgan fingerprint density at radius 2 is 2.18 bits per heavy atom. The average Bonchev–Trinajstić information content (AvgIpc) is 2.81. The molecule has 1 fully saturated rings. The van der Waals surface area contributed by atoms with Gasteiger partial charge in [-0.3, -0.25) is 0 Å². The first-order valence-electron chi connectivity index (χ1n) is 4.96. The first kappa shape index (κ1) is 9.05. The second-order valence-electron chi connectivity index (χ2n) is 3.51. The first-order valence-corrected chi connectivity index (χ1v) is 4.96. The minimum absolute atomic E-state index is 0.779. The first-order chi connectivity index (χ1) is 5.38.